The predicted molar refractivity (Wildman–Crippen MR) is 78.3 cm³/mol. The summed E-state index contributed by atoms with van der Waals surface area (Å²) >= 11 is 0. The monoisotopic (exact) mass is 271 g/mol. The number of nitrogens with zero attached hydrogens (tertiary/aromatic N) is 4. The first-order valence-corrected chi connectivity index (χ1v) is 6.71. The Morgan fingerprint density at radius 2 is 1.80 bits per heavy atom. The van der Waals surface area contributed by atoms with Gasteiger partial charge in [-0.3, -0.25) is 4.79 Å². The quantitative estimate of drug-likeness (QED) is 0.875. The van der Waals surface area contributed by atoms with Crippen molar-refractivity contribution in [1.82, 2.24) is 15.0 Å². The number of piperazine rings is 1. The van der Waals surface area contributed by atoms with Gasteiger partial charge in [0, 0.05) is 38.4 Å². The Labute approximate surface area is 117 Å². The normalized spacial score (nSPS) is 15.4. The number of hydrogen-bond donors (Lipinski definition) is 1. The van der Waals surface area contributed by atoms with E-state index >= 15 is 0 Å². The highest BCUT2D eigenvalue weighted by Crippen LogP contribution is 2.16. The van der Waals surface area contributed by atoms with Crippen molar-refractivity contribution in [3.63, 3.8) is 0 Å². The van der Waals surface area contributed by atoms with Crippen LogP contribution in [0.2, 0.25) is 0 Å². The molecule has 1 N–H and O–H groups in total. The maximum atomic E-state index is 11.5. The van der Waals surface area contributed by atoms with E-state index in [4.69, 9.17) is 0 Å². The molecule has 0 spiro atoms. The molecule has 0 bridgehead atoms. The summed E-state index contributed by atoms with van der Waals surface area (Å²) in [6.45, 7) is 5.24. The zero-order valence-corrected chi connectivity index (χ0v) is 11.4. The summed E-state index contributed by atoms with van der Waals surface area (Å²) in [5.74, 6) is 2.41. The molecule has 2 aromatic heterocycles. The highest BCUT2D eigenvalue weighted by Gasteiger charge is 2.19. The predicted octanol–water partition coefficient (Wildman–Crippen LogP) is 0.800. The lowest BCUT2D eigenvalue weighted by atomic mass is 10.3. The van der Waals surface area contributed by atoms with E-state index in [-0.39, 0.29) is 5.56 Å². The topological polar surface area (TPSA) is 65.1 Å². The van der Waals surface area contributed by atoms with E-state index in [1.54, 1.807) is 13.0 Å². The molecule has 3 rings (SSSR count). The SMILES string of the molecule is Cc1nc(N2CCN(c3ccccn3)CC2)cc(=O)[nH]1. The molecule has 20 heavy (non-hydrogen) atoms. The van der Waals surface area contributed by atoms with Crippen LogP contribution in [0.1, 0.15) is 5.82 Å². The van der Waals surface area contributed by atoms with Gasteiger partial charge in [0.05, 0.1) is 0 Å². The Bertz CT molecular complexity index is 632. The molecule has 1 aliphatic heterocycles. The highest BCUT2D eigenvalue weighted by atomic mass is 16.1. The van der Waals surface area contributed by atoms with Crippen molar-refractivity contribution in [2.75, 3.05) is 36.0 Å². The molecule has 3 heterocycles. The van der Waals surface area contributed by atoms with Gasteiger partial charge < -0.3 is 14.8 Å². The van der Waals surface area contributed by atoms with Crippen LogP contribution in [-0.4, -0.2) is 41.1 Å². The lowest BCUT2D eigenvalue weighted by Crippen LogP contribution is -2.47. The van der Waals surface area contributed by atoms with Crippen molar-refractivity contribution in [3.05, 3.63) is 46.6 Å². The minimum atomic E-state index is -0.0975. The molecule has 1 aliphatic rings. The van der Waals surface area contributed by atoms with E-state index in [1.807, 2.05) is 24.4 Å². The fourth-order valence-corrected chi connectivity index (χ4v) is 2.43. The van der Waals surface area contributed by atoms with Crippen molar-refractivity contribution in [2.24, 2.45) is 0 Å². The molecule has 6 heteroatoms. The second-order valence-corrected chi connectivity index (χ2v) is 4.85. The van der Waals surface area contributed by atoms with Crippen molar-refractivity contribution in [1.29, 1.82) is 0 Å². The molecule has 0 amide bonds. The standard InChI is InChI=1S/C14H17N5O/c1-11-16-13(10-14(20)17-11)19-8-6-18(7-9-19)12-4-2-3-5-15-12/h2-5,10H,6-9H2,1H3,(H,16,17,20). The second kappa shape index (κ2) is 5.32. The number of pyridine rings is 1. The van der Waals surface area contributed by atoms with E-state index < -0.39 is 0 Å². The first-order chi connectivity index (χ1) is 9.72. The lowest BCUT2D eigenvalue weighted by molar-refractivity contribution is 0.639. The summed E-state index contributed by atoms with van der Waals surface area (Å²) in [4.78, 5) is 27.3. The average Bonchev–Trinajstić information content (AvgIpc) is 2.47. The van der Waals surface area contributed by atoms with Crippen LogP contribution in [0.3, 0.4) is 0 Å². The zero-order valence-electron chi connectivity index (χ0n) is 11.4. The van der Waals surface area contributed by atoms with Crippen LogP contribution in [0.5, 0.6) is 0 Å². The molecule has 6 nitrogen and oxygen atoms in total. The third-order valence-corrected chi connectivity index (χ3v) is 3.42. The van der Waals surface area contributed by atoms with Crippen LogP contribution in [0.15, 0.2) is 35.3 Å². The van der Waals surface area contributed by atoms with E-state index in [9.17, 15) is 4.79 Å². The number of nitrogens with one attached hydrogen (secondary N) is 1. The van der Waals surface area contributed by atoms with Crippen molar-refractivity contribution in [2.45, 2.75) is 6.92 Å². The molecule has 2 aromatic rings. The average molecular weight is 271 g/mol. The Morgan fingerprint density at radius 1 is 1.10 bits per heavy atom. The summed E-state index contributed by atoms with van der Waals surface area (Å²) in [6, 6.07) is 7.49. The van der Waals surface area contributed by atoms with Gasteiger partial charge in [-0.2, -0.15) is 0 Å². The van der Waals surface area contributed by atoms with Gasteiger partial charge in [-0.05, 0) is 19.1 Å². The van der Waals surface area contributed by atoms with E-state index in [0.29, 0.717) is 5.82 Å². The van der Waals surface area contributed by atoms with Gasteiger partial charge in [-0.25, -0.2) is 9.97 Å². The zero-order chi connectivity index (χ0) is 13.9. The largest absolute Gasteiger partial charge is 0.353 e. The van der Waals surface area contributed by atoms with Gasteiger partial charge in [0.2, 0.25) is 0 Å². The molecule has 0 saturated carbocycles. The van der Waals surface area contributed by atoms with Gasteiger partial charge in [-0.1, -0.05) is 6.07 Å². The molecule has 0 aromatic carbocycles. The maximum absolute atomic E-state index is 11.5. The number of aromatic amines is 1. The fraction of sp³-hybridized carbons (Fsp3) is 0.357. The van der Waals surface area contributed by atoms with Crippen LogP contribution in [0.4, 0.5) is 11.6 Å². The summed E-state index contributed by atoms with van der Waals surface area (Å²) in [7, 11) is 0. The molecule has 104 valence electrons. The molecule has 0 unspecified atom stereocenters. The fourth-order valence-electron chi connectivity index (χ4n) is 2.43. The minimum absolute atomic E-state index is 0.0975. The summed E-state index contributed by atoms with van der Waals surface area (Å²) in [5.41, 5.74) is -0.0975. The van der Waals surface area contributed by atoms with Crippen molar-refractivity contribution >= 4 is 11.6 Å². The van der Waals surface area contributed by atoms with Crippen LogP contribution < -0.4 is 15.4 Å². The van der Waals surface area contributed by atoms with Gasteiger partial charge in [-0.15, -0.1) is 0 Å². The molecular weight excluding hydrogens is 254 g/mol. The Balaban J connectivity index is 1.71. The Morgan fingerprint density at radius 3 is 2.40 bits per heavy atom. The Hall–Kier alpha value is -2.37. The van der Waals surface area contributed by atoms with Gasteiger partial charge in [0.1, 0.15) is 17.5 Å². The Kier molecular flexibility index (Phi) is 3.37. The molecule has 0 radical (unpaired) electrons. The first kappa shape index (κ1) is 12.7. The van der Waals surface area contributed by atoms with Crippen LogP contribution in [0.25, 0.3) is 0 Å². The minimum Gasteiger partial charge on any atom is -0.353 e. The van der Waals surface area contributed by atoms with E-state index in [0.717, 1.165) is 37.8 Å². The molecule has 1 saturated heterocycles. The van der Waals surface area contributed by atoms with Crippen LogP contribution in [0, 0.1) is 6.92 Å². The van der Waals surface area contributed by atoms with Crippen molar-refractivity contribution in [3.8, 4) is 0 Å². The molecule has 0 atom stereocenters. The maximum Gasteiger partial charge on any atom is 0.252 e. The third-order valence-electron chi connectivity index (χ3n) is 3.42. The molecular formula is C14H17N5O. The summed E-state index contributed by atoms with van der Waals surface area (Å²) < 4.78 is 0. The van der Waals surface area contributed by atoms with E-state index in [2.05, 4.69) is 24.8 Å². The second-order valence-electron chi connectivity index (χ2n) is 4.85. The number of rotatable bonds is 2. The van der Waals surface area contributed by atoms with Crippen LogP contribution >= 0.6 is 0 Å². The van der Waals surface area contributed by atoms with E-state index in [1.165, 1.54) is 0 Å². The van der Waals surface area contributed by atoms with Gasteiger partial charge in [0.15, 0.2) is 0 Å². The number of H-pyrrole nitrogens is 1. The summed E-state index contributed by atoms with van der Waals surface area (Å²) in [6.07, 6.45) is 1.81. The number of aryl methyl sites for hydroxylation is 1. The number of anilines is 2. The van der Waals surface area contributed by atoms with Crippen molar-refractivity contribution < 1.29 is 0 Å². The first-order valence-electron chi connectivity index (χ1n) is 6.71. The number of aromatic nitrogens is 3. The van der Waals surface area contributed by atoms with Crippen LogP contribution in [-0.2, 0) is 0 Å². The summed E-state index contributed by atoms with van der Waals surface area (Å²) in [5, 5.41) is 0. The smallest absolute Gasteiger partial charge is 0.252 e. The van der Waals surface area contributed by atoms with Gasteiger partial charge in [0.25, 0.3) is 5.56 Å². The number of hydrogen-bond acceptors (Lipinski definition) is 5. The molecule has 1 fully saturated rings. The highest BCUT2D eigenvalue weighted by molar-refractivity contribution is 5.44. The third kappa shape index (κ3) is 2.64. The van der Waals surface area contributed by atoms with Gasteiger partial charge >= 0.3 is 0 Å². The molecule has 0 aliphatic carbocycles. The lowest BCUT2D eigenvalue weighted by Gasteiger charge is -2.36.